The number of anilines is 1. The summed E-state index contributed by atoms with van der Waals surface area (Å²) in [5.74, 6) is -1.18. The first-order valence-corrected chi connectivity index (χ1v) is 10.1. The van der Waals surface area contributed by atoms with Gasteiger partial charge in [-0.25, -0.2) is 14.6 Å². The number of carbonyl (C=O) groups is 4. The minimum Gasteiger partial charge on any atom is -0.496 e. The second-order valence-corrected chi connectivity index (χ2v) is 7.02. The summed E-state index contributed by atoms with van der Waals surface area (Å²) >= 11 is 0. The van der Waals surface area contributed by atoms with Crippen molar-refractivity contribution in [2.24, 2.45) is 0 Å². The maximum Gasteiger partial charge on any atom is 0.374 e. The summed E-state index contributed by atoms with van der Waals surface area (Å²) in [4.78, 5) is 50.7. The summed E-state index contributed by atoms with van der Waals surface area (Å²) in [6, 6.07) is 3.32. The summed E-state index contributed by atoms with van der Waals surface area (Å²) in [6.07, 6.45) is 2.84. The summed E-state index contributed by atoms with van der Waals surface area (Å²) in [6.45, 7) is 6.63. The Morgan fingerprint density at radius 2 is 1.82 bits per heavy atom. The molecular weight excluding hydrogens is 434 g/mol. The molecule has 0 aliphatic carbocycles. The zero-order valence-electron chi connectivity index (χ0n) is 19.4. The van der Waals surface area contributed by atoms with Gasteiger partial charge in [0, 0.05) is 20.0 Å². The van der Waals surface area contributed by atoms with E-state index in [-0.39, 0.29) is 19.1 Å². The van der Waals surface area contributed by atoms with Crippen molar-refractivity contribution in [3.8, 4) is 17.1 Å². The fourth-order valence-electron chi connectivity index (χ4n) is 2.99. The van der Waals surface area contributed by atoms with Crippen molar-refractivity contribution in [1.29, 1.82) is 0 Å². The molecule has 3 rings (SSSR count). The van der Waals surface area contributed by atoms with E-state index in [0.717, 1.165) is 0 Å². The zero-order valence-corrected chi connectivity index (χ0v) is 19.4. The van der Waals surface area contributed by atoms with Gasteiger partial charge >= 0.3 is 11.9 Å². The molecule has 0 bridgehead atoms. The molecule has 1 atom stereocenters. The number of aromatic nitrogens is 1. The van der Waals surface area contributed by atoms with Gasteiger partial charge in [-0.15, -0.1) is 0 Å². The van der Waals surface area contributed by atoms with Crippen LogP contribution in [0, 0.1) is 0 Å². The Morgan fingerprint density at radius 1 is 1.15 bits per heavy atom. The van der Waals surface area contributed by atoms with Gasteiger partial charge < -0.3 is 28.8 Å². The molecule has 178 valence electrons. The highest BCUT2D eigenvalue weighted by atomic mass is 16.5. The van der Waals surface area contributed by atoms with Gasteiger partial charge in [0.25, 0.3) is 5.91 Å². The van der Waals surface area contributed by atoms with Gasteiger partial charge in [0.05, 0.1) is 43.3 Å². The number of benzene rings is 1. The molecule has 0 radical (unpaired) electrons. The lowest BCUT2D eigenvalue weighted by molar-refractivity contribution is -0.153. The van der Waals surface area contributed by atoms with Crippen LogP contribution in [0.3, 0.4) is 0 Å². The molecule has 11 nitrogen and oxygen atoms in total. The first-order valence-electron chi connectivity index (χ1n) is 10.1. The third kappa shape index (κ3) is 5.30. The number of hydrogen-bond acceptors (Lipinski definition) is 10. The van der Waals surface area contributed by atoms with Crippen LogP contribution in [0.2, 0.25) is 0 Å². The number of fused-ring (bicyclic) bond motifs is 1. The monoisotopic (exact) mass is 461 g/mol. The SMILES string of the molecule is CCOC(=O)C(C)=O.CCOC(=O)C1(C)Nc2cc(OC)c(-c3cnco3)cc2C(=O)N1C. The molecule has 1 amide bonds. The highest BCUT2D eigenvalue weighted by molar-refractivity contribution is 6.32. The number of likely N-dealkylation sites (N-methyl/N-ethyl adjacent to an activating group) is 1. The van der Waals surface area contributed by atoms with Gasteiger partial charge in [-0.3, -0.25) is 9.59 Å². The Bertz CT molecular complexity index is 1030. The maximum atomic E-state index is 12.9. The Morgan fingerprint density at radius 3 is 2.30 bits per heavy atom. The minimum atomic E-state index is -1.31. The van der Waals surface area contributed by atoms with Crippen LogP contribution >= 0.6 is 0 Å². The lowest BCUT2D eigenvalue weighted by Gasteiger charge is -2.42. The van der Waals surface area contributed by atoms with Crippen LogP contribution in [0.15, 0.2) is 29.1 Å². The predicted molar refractivity (Wildman–Crippen MR) is 117 cm³/mol. The highest BCUT2D eigenvalue weighted by Crippen LogP contribution is 2.39. The normalized spacial score (nSPS) is 16.5. The number of amides is 1. The third-order valence-corrected chi connectivity index (χ3v) is 4.86. The van der Waals surface area contributed by atoms with Crippen molar-refractivity contribution >= 4 is 29.3 Å². The van der Waals surface area contributed by atoms with Crippen LogP contribution in [0.25, 0.3) is 11.3 Å². The maximum absolute atomic E-state index is 12.9. The number of ketones is 1. The average Bonchev–Trinajstić information content (AvgIpc) is 3.32. The minimum absolute atomic E-state index is 0.221. The second kappa shape index (κ2) is 10.6. The molecule has 33 heavy (non-hydrogen) atoms. The zero-order chi connectivity index (χ0) is 24.8. The van der Waals surface area contributed by atoms with Gasteiger partial charge in [0.15, 0.2) is 12.2 Å². The number of esters is 2. The van der Waals surface area contributed by atoms with Gasteiger partial charge in [-0.2, -0.15) is 0 Å². The lowest BCUT2D eigenvalue weighted by Crippen LogP contribution is -2.61. The van der Waals surface area contributed by atoms with E-state index < -0.39 is 23.4 Å². The van der Waals surface area contributed by atoms with Crippen molar-refractivity contribution in [3.63, 3.8) is 0 Å². The van der Waals surface area contributed by atoms with Gasteiger partial charge in [0.1, 0.15) is 5.75 Å². The van der Waals surface area contributed by atoms with E-state index in [4.69, 9.17) is 13.9 Å². The number of methoxy groups -OCH3 is 1. The van der Waals surface area contributed by atoms with Crippen LogP contribution in [-0.4, -0.2) is 66.5 Å². The number of oxazole rings is 1. The summed E-state index contributed by atoms with van der Waals surface area (Å²) in [5, 5.41) is 3.09. The van der Waals surface area contributed by atoms with E-state index in [1.807, 2.05) is 0 Å². The number of hydrogen-bond donors (Lipinski definition) is 1. The van der Waals surface area contributed by atoms with Gasteiger partial charge in [-0.05, 0) is 26.8 Å². The fraction of sp³-hybridized carbons (Fsp3) is 0.409. The molecule has 0 saturated heterocycles. The van der Waals surface area contributed by atoms with E-state index in [9.17, 15) is 19.2 Å². The van der Waals surface area contributed by atoms with Crippen molar-refractivity contribution in [2.45, 2.75) is 33.4 Å². The van der Waals surface area contributed by atoms with Crippen LogP contribution in [-0.2, 0) is 23.9 Å². The van der Waals surface area contributed by atoms with Crippen LogP contribution in [0.4, 0.5) is 5.69 Å². The van der Waals surface area contributed by atoms with Crippen LogP contribution in [0.1, 0.15) is 38.1 Å². The van der Waals surface area contributed by atoms with Crippen molar-refractivity contribution in [1.82, 2.24) is 9.88 Å². The number of rotatable bonds is 6. The first kappa shape index (κ1) is 25.4. The van der Waals surface area contributed by atoms with Crippen molar-refractivity contribution in [2.75, 3.05) is 32.7 Å². The number of carbonyl (C=O) groups excluding carboxylic acids is 4. The molecule has 1 aliphatic heterocycles. The molecular formula is C22H27N3O8. The topological polar surface area (TPSA) is 137 Å². The molecule has 1 aromatic heterocycles. The molecule has 2 aromatic rings. The summed E-state index contributed by atoms with van der Waals surface area (Å²) in [5.41, 5.74) is 0.177. The van der Waals surface area contributed by atoms with E-state index in [1.54, 1.807) is 40.0 Å². The Hall–Kier alpha value is -3.89. The molecule has 0 spiro atoms. The molecule has 1 aliphatic rings. The fourth-order valence-corrected chi connectivity index (χ4v) is 2.99. The Balaban J connectivity index is 0.000000414. The highest BCUT2D eigenvalue weighted by Gasteiger charge is 2.46. The van der Waals surface area contributed by atoms with Crippen LogP contribution < -0.4 is 10.1 Å². The van der Waals surface area contributed by atoms with Crippen molar-refractivity contribution < 1.29 is 37.8 Å². The van der Waals surface area contributed by atoms with E-state index in [1.165, 1.54) is 31.5 Å². The standard InChI is InChI=1S/C17H19N3O5.C5H8O3/c1-5-24-16(22)17(2)19-12-7-13(23-4)11(14-8-18-9-25-14)6-10(12)15(21)20(17)3;1-3-8-5(7)4(2)6/h6-9,19H,5H2,1-4H3;3H2,1-2H3. The quantitative estimate of drug-likeness (QED) is 0.504. The number of nitrogens with zero attached hydrogens (tertiary/aromatic N) is 2. The third-order valence-electron chi connectivity index (χ3n) is 4.86. The first-order chi connectivity index (χ1) is 15.6. The van der Waals surface area contributed by atoms with E-state index in [2.05, 4.69) is 15.0 Å². The number of nitrogens with one attached hydrogen (secondary N) is 1. The molecule has 0 saturated carbocycles. The average molecular weight is 461 g/mol. The molecule has 1 aromatic carbocycles. The smallest absolute Gasteiger partial charge is 0.374 e. The van der Waals surface area contributed by atoms with Gasteiger partial charge in [0.2, 0.25) is 11.4 Å². The largest absolute Gasteiger partial charge is 0.496 e. The van der Waals surface area contributed by atoms with Crippen LogP contribution in [0.5, 0.6) is 5.75 Å². The molecule has 2 heterocycles. The van der Waals surface area contributed by atoms with E-state index >= 15 is 0 Å². The molecule has 1 N–H and O–H groups in total. The molecule has 11 heteroatoms. The Kier molecular flexibility index (Phi) is 8.16. The number of Topliss-reactive ketones (excluding diaryl/α,β-unsaturated/α-hetero) is 1. The Labute approximate surface area is 191 Å². The summed E-state index contributed by atoms with van der Waals surface area (Å²) < 4.78 is 20.1. The molecule has 1 unspecified atom stereocenters. The van der Waals surface area contributed by atoms with E-state index in [0.29, 0.717) is 28.3 Å². The summed E-state index contributed by atoms with van der Waals surface area (Å²) in [7, 11) is 3.07. The second-order valence-electron chi connectivity index (χ2n) is 7.02. The van der Waals surface area contributed by atoms with Crippen molar-refractivity contribution in [3.05, 3.63) is 30.3 Å². The predicted octanol–water partition coefficient (Wildman–Crippen LogP) is 2.27. The molecule has 0 fully saturated rings. The number of ether oxygens (including phenoxy) is 3. The van der Waals surface area contributed by atoms with Gasteiger partial charge in [-0.1, -0.05) is 0 Å². The lowest BCUT2D eigenvalue weighted by atomic mass is 9.98.